The molecule has 0 spiro atoms. The second-order valence-corrected chi connectivity index (χ2v) is 16.9. The summed E-state index contributed by atoms with van der Waals surface area (Å²) in [6.07, 6.45) is 6.91. The number of ether oxygens (including phenoxy) is 1. The van der Waals surface area contributed by atoms with Crippen LogP contribution in [0.4, 0.5) is 4.79 Å². The van der Waals surface area contributed by atoms with Gasteiger partial charge in [-0.2, -0.15) is 0 Å². The van der Waals surface area contributed by atoms with Crippen LogP contribution in [0.2, 0.25) is 0 Å². The average molecular weight is 712 g/mol. The molecular weight excluding hydrogens is 662 g/mol. The van der Waals surface area contributed by atoms with Crippen LogP contribution >= 0.6 is 0 Å². The molecule has 5 aliphatic rings. The molecule has 3 aliphatic heterocycles. The Labute approximate surface area is 294 Å². The number of amides is 5. The number of nitrogens with one attached hydrogen (secondary N) is 3. The predicted octanol–water partition coefficient (Wildman–Crippen LogP) is 2.82. The third kappa shape index (κ3) is 7.54. The Morgan fingerprint density at radius 3 is 2.42 bits per heavy atom. The predicted molar refractivity (Wildman–Crippen MR) is 184 cm³/mol. The van der Waals surface area contributed by atoms with Gasteiger partial charge < -0.3 is 20.3 Å². The molecule has 2 saturated carbocycles. The van der Waals surface area contributed by atoms with Gasteiger partial charge in [-0.1, -0.05) is 57.4 Å². The van der Waals surface area contributed by atoms with Crippen LogP contribution in [0, 0.1) is 11.8 Å². The first-order valence-electron chi connectivity index (χ1n) is 18.0. The lowest BCUT2D eigenvalue weighted by molar-refractivity contribution is -0.143. The van der Waals surface area contributed by atoms with Crippen molar-refractivity contribution in [2.75, 3.05) is 6.54 Å². The lowest BCUT2D eigenvalue weighted by atomic mass is 9.98. The minimum atomic E-state index is -3.88. The van der Waals surface area contributed by atoms with E-state index in [1.807, 2.05) is 26.0 Å². The van der Waals surface area contributed by atoms with Gasteiger partial charge in [-0.3, -0.25) is 28.8 Å². The van der Waals surface area contributed by atoms with Crippen LogP contribution in [0.3, 0.4) is 0 Å². The minimum Gasteiger partial charge on any atom is -0.444 e. The summed E-state index contributed by atoms with van der Waals surface area (Å²) < 4.78 is 33.3. The van der Waals surface area contributed by atoms with Crippen LogP contribution < -0.4 is 15.4 Å². The largest absolute Gasteiger partial charge is 0.444 e. The summed E-state index contributed by atoms with van der Waals surface area (Å²) in [6, 6.07) is 4.05. The number of hydrogen-bond donors (Lipinski definition) is 3. The molecule has 3 N–H and O–H groups in total. The van der Waals surface area contributed by atoms with Crippen molar-refractivity contribution in [2.45, 2.75) is 127 Å². The van der Waals surface area contributed by atoms with Crippen molar-refractivity contribution in [3.63, 3.8) is 0 Å². The number of carbonyl (C=O) groups is 5. The monoisotopic (exact) mass is 711 g/mol. The van der Waals surface area contributed by atoms with E-state index in [1.54, 1.807) is 4.90 Å². The molecule has 4 bridgehead atoms. The first-order valence-corrected chi connectivity index (χ1v) is 19.5. The second kappa shape index (κ2) is 14.4. The highest BCUT2D eigenvalue weighted by Crippen LogP contribution is 2.45. The topological polar surface area (TPSA) is 171 Å². The van der Waals surface area contributed by atoms with Crippen LogP contribution in [-0.2, 0) is 53.4 Å². The highest BCUT2D eigenvalue weighted by atomic mass is 32.2. The highest BCUT2D eigenvalue weighted by Gasteiger charge is 2.62. The molecule has 0 unspecified atom stereocenters. The molecule has 0 aromatic heterocycles. The van der Waals surface area contributed by atoms with Crippen molar-refractivity contribution in [1.29, 1.82) is 0 Å². The van der Waals surface area contributed by atoms with Crippen molar-refractivity contribution in [2.24, 2.45) is 11.8 Å². The van der Waals surface area contributed by atoms with E-state index in [-0.39, 0.29) is 37.6 Å². The van der Waals surface area contributed by atoms with E-state index in [0.717, 1.165) is 43.2 Å². The van der Waals surface area contributed by atoms with Crippen LogP contribution in [0.5, 0.6) is 0 Å². The van der Waals surface area contributed by atoms with Gasteiger partial charge >= 0.3 is 6.09 Å². The number of rotatable bonds is 7. The van der Waals surface area contributed by atoms with Crippen molar-refractivity contribution in [1.82, 2.24) is 25.2 Å². The van der Waals surface area contributed by atoms with Gasteiger partial charge in [0.1, 0.15) is 23.7 Å². The number of sulfonamides is 1. The fourth-order valence-electron chi connectivity index (χ4n) is 7.54. The summed E-state index contributed by atoms with van der Waals surface area (Å²) in [7, 11) is -3.88. The molecule has 50 heavy (non-hydrogen) atoms. The fraction of sp³-hybridized carbons (Fsp3) is 0.639. The molecule has 5 atom stereocenters. The zero-order valence-corrected chi connectivity index (χ0v) is 29.8. The van der Waals surface area contributed by atoms with E-state index in [4.69, 9.17) is 4.74 Å². The zero-order chi connectivity index (χ0) is 35.8. The van der Waals surface area contributed by atoms with Crippen molar-refractivity contribution < 1.29 is 37.1 Å². The Hall–Kier alpha value is -3.94. The summed E-state index contributed by atoms with van der Waals surface area (Å²) in [4.78, 5) is 71.2. The Morgan fingerprint density at radius 1 is 1.04 bits per heavy atom. The molecule has 13 nitrogen and oxygen atoms in total. The Balaban J connectivity index is 1.24. The van der Waals surface area contributed by atoms with E-state index >= 15 is 0 Å². The summed E-state index contributed by atoms with van der Waals surface area (Å²) in [5, 5.41) is 5.01. The zero-order valence-electron chi connectivity index (χ0n) is 28.9. The Morgan fingerprint density at radius 2 is 1.74 bits per heavy atom. The fourth-order valence-corrected chi connectivity index (χ4v) is 8.90. The molecule has 1 aromatic carbocycles. The van der Waals surface area contributed by atoms with E-state index < -0.39 is 68.7 Å². The van der Waals surface area contributed by atoms with Gasteiger partial charge in [0.2, 0.25) is 27.7 Å². The van der Waals surface area contributed by atoms with Gasteiger partial charge in [0.05, 0.1) is 11.8 Å². The van der Waals surface area contributed by atoms with E-state index in [1.165, 1.54) is 16.5 Å². The Kier molecular flexibility index (Phi) is 10.3. The molecule has 3 heterocycles. The van der Waals surface area contributed by atoms with Crippen LogP contribution in [0.25, 0.3) is 0 Å². The Bertz CT molecular complexity index is 1660. The molecule has 2 aliphatic carbocycles. The van der Waals surface area contributed by atoms with Gasteiger partial charge in [-0.25, -0.2) is 13.2 Å². The molecular formula is C36H49N5O8S. The number of aryl methyl sites for hydroxylation is 1. The summed E-state index contributed by atoms with van der Waals surface area (Å²) in [6.45, 7) is 8.09. The van der Waals surface area contributed by atoms with Gasteiger partial charge in [0, 0.05) is 31.8 Å². The highest BCUT2D eigenvalue weighted by molar-refractivity contribution is 7.91. The maximum absolute atomic E-state index is 14.2. The second-order valence-electron chi connectivity index (χ2n) is 14.9. The molecule has 5 amide bonds. The quantitative estimate of drug-likeness (QED) is 0.363. The smallest absolute Gasteiger partial charge is 0.410 e. The first kappa shape index (κ1) is 35.9. The summed E-state index contributed by atoms with van der Waals surface area (Å²) in [5.41, 5.74) is 1.87. The van der Waals surface area contributed by atoms with Crippen LogP contribution in [0.1, 0.15) is 94.7 Å². The van der Waals surface area contributed by atoms with Crippen LogP contribution in [-0.4, -0.2) is 83.5 Å². The lowest BCUT2D eigenvalue weighted by Gasteiger charge is -2.31. The lowest BCUT2D eigenvalue weighted by Crippen LogP contribution is -2.59. The third-order valence-corrected chi connectivity index (χ3v) is 12.6. The van der Waals surface area contributed by atoms with E-state index in [0.29, 0.717) is 32.4 Å². The van der Waals surface area contributed by atoms with Gasteiger partial charge in [0.25, 0.3) is 5.91 Å². The summed E-state index contributed by atoms with van der Waals surface area (Å²) in [5.74, 6) is -3.09. The number of hydrogen-bond acceptors (Lipinski definition) is 8. The SMILES string of the molecule is C=C[C@H]1C[C@]1(NC(=O)[C@@H]1C[C@@H]2CN1C(=O)[C@H](C(C)C)NC(=O)CCCCCCCc1cccc3c1CN(C3)C(=O)O2)C(=O)NS(=O)(=O)C1CC1. The molecule has 272 valence electrons. The normalized spacial score (nSPS) is 29.2. The maximum Gasteiger partial charge on any atom is 0.410 e. The maximum atomic E-state index is 14.2. The average Bonchev–Trinajstić information content (AvgIpc) is 3.96. The van der Waals surface area contributed by atoms with Gasteiger partial charge in [0.15, 0.2) is 0 Å². The van der Waals surface area contributed by atoms with E-state index in [2.05, 4.69) is 28.0 Å². The molecule has 1 saturated heterocycles. The minimum absolute atomic E-state index is 0.0368. The molecule has 0 radical (unpaired) electrons. The van der Waals surface area contributed by atoms with Crippen molar-refractivity contribution in [3.05, 3.63) is 47.5 Å². The van der Waals surface area contributed by atoms with Crippen LogP contribution in [0.15, 0.2) is 30.9 Å². The standard InChI is InChI=1S/C36H49N5O8S/c1-4-25-18-36(25,34(45)39-50(47,48)27-15-16-27)38-32(43)29-17-26-20-41(29)33(44)31(22(2)3)37-30(42)14-9-7-5-6-8-11-23-12-10-13-24-19-40(21-28(23)24)35(46)49-26/h4,10,12-13,22,25-27,29,31H,1,5-9,11,14-21H2,2-3H3,(H,37,42)(H,38,43)(H,39,45)/t25-,26+,29-,31-,36+/m0/s1. The van der Waals surface area contributed by atoms with Crippen molar-refractivity contribution in [3.8, 4) is 0 Å². The number of carbonyl (C=O) groups excluding carboxylic acids is 5. The molecule has 14 heteroatoms. The van der Waals surface area contributed by atoms with E-state index in [9.17, 15) is 32.4 Å². The third-order valence-electron chi connectivity index (χ3n) is 10.8. The van der Waals surface area contributed by atoms with Gasteiger partial charge in [-0.15, -0.1) is 6.58 Å². The molecule has 1 aromatic rings. The number of fused-ring (bicyclic) bond motifs is 3. The van der Waals surface area contributed by atoms with Gasteiger partial charge in [-0.05, 0) is 61.1 Å². The first-order chi connectivity index (χ1) is 23.8. The molecule has 3 fully saturated rings. The molecule has 6 rings (SSSR count). The number of benzene rings is 1. The van der Waals surface area contributed by atoms with Crippen molar-refractivity contribution >= 4 is 39.7 Å². The number of nitrogens with zero attached hydrogens (tertiary/aromatic N) is 2. The summed E-state index contributed by atoms with van der Waals surface area (Å²) >= 11 is 0.